The van der Waals surface area contributed by atoms with Gasteiger partial charge >= 0.3 is 5.69 Å². The molecule has 0 unspecified atom stereocenters. The highest BCUT2D eigenvalue weighted by Gasteiger charge is 2.23. The molecule has 8 heteroatoms. The van der Waals surface area contributed by atoms with E-state index in [1.165, 1.54) is 12.3 Å². The fourth-order valence-electron chi connectivity index (χ4n) is 1.37. The molecule has 1 aromatic heterocycles. The fourth-order valence-corrected chi connectivity index (χ4v) is 1.69. The lowest BCUT2D eigenvalue weighted by Gasteiger charge is -2.06. The molecule has 2 rings (SSSR count). The first kappa shape index (κ1) is 12.7. The third-order valence-corrected chi connectivity index (χ3v) is 2.82. The van der Waals surface area contributed by atoms with E-state index < -0.39 is 4.92 Å². The van der Waals surface area contributed by atoms with E-state index in [-0.39, 0.29) is 30.0 Å². The minimum atomic E-state index is -0.543. The Morgan fingerprint density at radius 1 is 1.61 bits per heavy atom. The van der Waals surface area contributed by atoms with E-state index in [2.05, 4.69) is 31.5 Å². The maximum atomic E-state index is 11.4. The first-order valence-corrected chi connectivity index (χ1v) is 6.18. The molecule has 1 saturated carbocycles. The molecular formula is C10H11BrN4O3. The predicted octanol–water partition coefficient (Wildman–Crippen LogP) is 1.44. The maximum Gasteiger partial charge on any atom is 0.312 e. The molecule has 1 amide bonds. The highest BCUT2D eigenvalue weighted by atomic mass is 79.9. The van der Waals surface area contributed by atoms with E-state index in [1.54, 1.807) is 0 Å². The largest absolute Gasteiger partial charge is 0.355 e. The van der Waals surface area contributed by atoms with Crippen molar-refractivity contribution in [3.63, 3.8) is 0 Å². The minimum absolute atomic E-state index is 0.0219. The summed E-state index contributed by atoms with van der Waals surface area (Å²) in [6.07, 6.45) is 3.44. The van der Waals surface area contributed by atoms with Gasteiger partial charge in [0.2, 0.25) is 11.7 Å². The maximum absolute atomic E-state index is 11.4. The van der Waals surface area contributed by atoms with Crippen molar-refractivity contribution >= 4 is 33.3 Å². The van der Waals surface area contributed by atoms with Crippen LogP contribution in [-0.4, -0.2) is 28.4 Å². The zero-order valence-corrected chi connectivity index (χ0v) is 10.9. The summed E-state index contributed by atoms with van der Waals surface area (Å²) in [7, 11) is 0. The third-order valence-electron chi connectivity index (χ3n) is 2.39. The van der Waals surface area contributed by atoms with Gasteiger partial charge in [-0.25, -0.2) is 4.98 Å². The fraction of sp³-hybridized carbons (Fsp3) is 0.400. The SMILES string of the molecule is O=C(CNc1ncc(Br)cc1[N+](=O)[O-])NC1CC1. The smallest absolute Gasteiger partial charge is 0.312 e. The Kier molecular flexibility index (Phi) is 3.75. The number of hydrogen-bond acceptors (Lipinski definition) is 5. The molecule has 1 aliphatic carbocycles. The van der Waals surface area contributed by atoms with Crippen LogP contribution in [0.2, 0.25) is 0 Å². The van der Waals surface area contributed by atoms with Gasteiger partial charge in [-0.2, -0.15) is 0 Å². The van der Waals surface area contributed by atoms with Gasteiger partial charge in [0.05, 0.1) is 11.5 Å². The Hall–Kier alpha value is -1.70. The number of aromatic nitrogens is 1. The second-order valence-corrected chi connectivity index (χ2v) is 4.89. The van der Waals surface area contributed by atoms with Crippen molar-refractivity contribution in [1.29, 1.82) is 0 Å². The van der Waals surface area contributed by atoms with Crippen LogP contribution in [0.5, 0.6) is 0 Å². The number of carbonyl (C=O) groups excluding carboxylic acids is 1. The summed E-state index contributed by atoms with van der Waals surface area (Å²) < 4.78 is 0.516. The van der Waals surface area contributed by atoms with Gasteiger partial charge < -0.3 is 10.6 Å². The summed E-state index contributed by atoms with van der Waals surface area (Å²) in [5, 5.41) is 16.3. The van der Waals surface area contributed by atoms with Crippen molar-refractivity contribution in [3.05, 3.63) is 26.9 Å². The molecule has 0 spiro atoms. The Balaban J connectivity index is 1.99. The van der Waals surface area contributed by atoms with Crippen molar-refractivity contribution in [2.45, 2.75) is 18.9 Å². The van der Waals surface area contributed by atoms with Crippen LogP contribution in [-0.2, 0) is 4.79 Å². The van der Waals surface area contributed by atoms with E-state index in [9.17, 15) is 14.9 Å². The molecule has 0 radical (unpaired) electrons. The quantitative estimate of drug-likeness (QED) is 0.633. The second kappa shape index (κ2) is 5.30. The topological polar surface area (TPSA) is 97.2 Å². The molecule has 1 aromatic rings. The summed E-state index contributed by atoms with van der Waals surface area (Å²) >= 11 is 3.11. The number of amides is 1. The standard InChI is InChI=1S/C10H11BrN4O3/c11-6-3-8(15(17)18)10(12-4-6)13-5-9(16)14-7-1-2-7/h3-4,7H,1-2,5H2,(H,12,13)(H,14,16). The van der Waals surface area contributed by atoms with Crippen LogP contribution in [0.25, 0.3) is 0 Å². The number of hydrogen-bond donors (Lipinski definition) is 2. The predicted molar refractivity (Wildman–Crippen MR) is 68.2 cm³/mol. The number of anilines is 1. The zero-order valence-electron chi connectivity index (χ0n) is 9.35. The van der Waals surface area contributed by atoms with E-state index in [4.69, 9.17) is 0 Å². The van der Waals surface area contributed by atoms with E-state index in [0.717, 1.165) is 12.8 Å². The lowest BCUT2D eigenvalue weighted by molar-refractivity contribution is -0.384. The Bertz CT molecular complexity index is 490. The molecule has 0 atom stereocenters. The number of nitrogens with zero attached hydrogens (tertiary/aromatic N) is 2. The van der Waals surface area contributed by atoms with Crippen molar-refractivity contribution in [2.24, 2.45) is 0 Å². The van der Waals surface area contributed by atoms with Gasteiger partial charge in [0.25, 0.3) is 0 Å². The summed E-state index contributed by atoms with van der Waals surface area (Å²) in [5.41, 5.74) is -0.163. The van der Waals surface area contributed by atoms with Gasteiger partial charge in [0.1, 0.15) is 0 Å². The lowest BCUT2D eigenvalue weighted by atomic mass is 10.4. The Labute approximate surface area is 111 Å². The molecule has 1 aliphatic rings. The molecule has 0 bridgehead atoms. The van der Waals surface area contributed by atoms with Crippen LogP contribution in [0.15, 0.2) is 16.7 Å². The molecule has 1 heterocycles. The van der Waals surface area contributed by atoms with Gasteiger partial charge in [-0.05, 0) is 28.8 Å². The van der Waals surface area contributed by atoms with Crippen molar-refractivity contribution in [2.75, 3.05) is 11.9 Å². The van der Waals surface area contributed by atoms with Gasteiger partial charge in [-0.15, -0.1) is 0 Å². The molecule has 2 N–H and O–H groups in total. The van der Waals surface area contributed by atoms with Crippen LogP contribution in [0.3, 0.4) is 0 Å². The van der Waals surface area contributed by atoms with Gasteiger partial charge in [0.15, 0.2) is 0 Å². The Morgan fingerprint density at radius 2 is 2.33 bits per heavy atom. The van der Waals surface area contributed by atoms with Crippen molar-refractivity contribution < 1.29 is 9.72 Å². The number of carbonyl (C=O) groups is 1. The zero-order chi connectivity index (χ0) is 13.1. The normalized spacial score (nSPS) is 14.1. The first-order valence-electron chi connectivity index (χ1n) is 5.39. The van der Waals surface area contributed by atoms with Crippen LogP contribution in [0, 0.1) is 10.1 Å². The number of pyridine rings is 1. The third kappa shape index (κ3) is 3.39. The average molecular weight is 315 g/mol. The molecule has 1 fully saturated rings. The van der Waals surface area contributed by atoms with Gasteiger partial charge in [0, 0.05) is 22.8 Å². The minimum Gasteiger partial charge on any atom is -0.355 e. The summed E-state index contributed by atoms with van der Waals surface area (Å²) in [5.74, 6) is -0.0920. The van der Waals surface area contributed by atoms with Crippen LogP contribution < -0.4 is 10.6 Å². The van der Waals surface area contributed by atoms with Crippen LogP contribution in [0.4, 0.5) is 11.5 Å². The molecule has 18 heavy (non-hydrogen) atoms. The average Bonchev–Trinajstić information content (AvgIpc) is 3.11. The molecule has 0 aliphatic heterocycles. The highest BCUT2D eigenvalue weighted by molar-refractivity contribution is 9.10. The summed E-state index contributed by atoms with van der Waals surface area (Å²) in [6, 6.07) is 1.61. The second-order valence-electron chi connectivity index (χ2n) is 3.97. The molecule has 0 aromatic carbocycles. The number of rotatable bonds is 5. The van der Waals surface area contributed by atoms with Crippen LogP contribution in [0.1, 0.15) is 12.8 Å². The molecule has 96 valence electrons. The molecule has 7 nitrogen and oxygen atoms in total. The van der Waals surface area contributed by atoms with Crippen LogP contribution >= 0.6 is 15.9 Å². The van der Waals surface area contributed by atoms with Crippen molar-refractivity contribution in [3.8, 4) is 0 Å². The summed E-state index contributed by atoms with van der Waals surface area (Å²) in [6.45, 7) is -0.0219. The van der Waals surface area contributed by atoms with Gasteiger partial charge in [-0.3, -0.25) is 14.9 Å². The number of nitrogens with one attached hydrogen (secondary N) is 2. The van der Waals surface area contributed by atoms with E-state index in [1.807, 2.05) is 0 Å². The van der Waals surface area contributed by atoms with Crippen molar-refractivity contribution in [1.82, 2.24) is 10.3 Å². The first-order chi connectivity index (χ1) is 8.56. The lowest BCUT2D eigenvalue weighted by Crippen LogP contribution is -2.31. The Morgan fingerprint density at radius 3 is 2.94 bits per heavy atom. The van der Waals surface area contributed by atoms with E-state index >= 15 is 0 Å². The van der Waals surface area contributed by atoms with Gasteiger partial charge in [-0.1, -0.05) is 0 Å². The molecular weight excluding hydrogens is 304 g/mol. The number of nitro groups is 1. The van der Waals surface area contributed by atoms with E-state index in [0.29, 0.717) is 4.47 Å². The summed E-state index contributed by atoms with van der Waals surface area (Å²) in [4.78, 5) is 25.6. The molecule has 0 saturated heterocycles. The number of halogens is 1. The highest BCUT2D eigenvalue weighted by Crippen LogP contribution is 2.25. The monoisotopic (exact) mass is 314 g/mol.